The number of hydrogen-bond acceptors (Lipinski definition) is 10. The lowest BCUT2D eigenvalue weighted by Gasteiger charge is -2.54. The van der Waals surface area contributed by atoms with Gasteiger partial charge >= 0.3 is 0 Å². The number of rotatable bonds is 15. The third kappa shape index (κ3) is 9.79. The average Bonchev–Trinajstić information content (AvgIpc) is 3.60. The largest absolute Gasteiger partial charge is 0.392 e. The highest BCUT2D eigenvalue weighted by molar-refractivity contribution is 5.84. The summed E-state index contributed by atoms with van der Waals surface area (Å²) in [7, 11) is 0. The van der Waals surface area contributed by atoms with Crippen molar-refractivity contribution in [3.05, 3.63) is 47.8 Å². The Kier molecular flexibility index (Phi) is 15.6. The molecule has 0 bridgehead atoms. The summed E-state index contributed by atoms with van der Waals surface area (Å²) in [5, 5.41) is 37.6. The van der Waals surface area contributed by atoms with E-state index in [0.717, 1.165) is 18.4 Å². The second-order valence-corrected chi connectivity index (χ2v) is 20.2. The monoisotopic (exact) mass is 872 g/mol. The first kappa shape index (κ1) is 49.2. The van der Waals surface area contributed by atoms with Gasteiger partial charge < -0.3 is 44.3 Å². The fourth-order valence-electron chi connectivity index (χ4n) is 11.6. The van der Waals surface area contributed by atoms with E-state index in [1.54, 1.807) is 31.2 Å². The number of ether oxygens (including phenoxy) is 5. The maximum atomic E-state index is 14.7. The number of hydrogen-bond donors (Lipinski definition) is 4. The topological polar surface area (TPSA) is 153 Å². The van der Waals surface area contributed by atoms with Gasteiger partial charge in [-0.2, -0.15) is 0 Å². The predicted molar refractivity (Wildman–Crippen MR) is 234 cm³/mol. The van der Waals surface area contributed by atoms with E-state index < -0.39 is 52.9 Å². The molecule has 1 aromatic carbocycles. The number of carbonyl (C=O) groups excluding carboxylic acids is 2. The van der Waals surface area contributed by atoms with Crippen LogP contribution in [0, 0.1) is 47.2 Å². The summed E-state index contributed by atoms with van der Waals surface area (Å²) in [4.78, 5) is 28.1. The van der Waals surface area contributed by atoms with Crippen molar-refractivity contribution >= 4 is 11.7 Å². The molecule has 1 aromatic rings. The summed E-state index contributed by atoms with van der Waals surface area (Å²) in [6, 6.07) is 6.29. The van der Waals surface area contributed by atoms with E-state index in [2.05, 4.69) is 26.1 Å². The summed E-state index contributed by atoms with van der Waals surface area (Å²) in [6.45, 7) is 20.3. The molecule has 12 heteroatoms. The first-order valence-corrected chi connectivity index (χ1v) is 24.0. The highest BCUT2D eigenvalue weighted by Gasteiger charge is 2.63. The molecule has 0 aromatic heterocycles. The molecule has 0 aliphatic carbocycles. The van der Waals surface area contributed by atoms with E-state index in [1.807, 2.05) is 41.5 Å². The van der Waals surface area contributed by atoms with Crippen molar-refractivity contribution in [2.45, 2.75) is 205 Å². The molecule has 2 spiro atoms. The molecule has 18 atom stereocenters. The number of carbonyl (C=O) groups is 2. The molecule has 5 aliphatic rings. The molecule has 4 fully saturated rings. The van der Waals surface area contributed by atoms with Gasteiger partial charge in [-0.05, 0) is 120 Å². The molecular formula is C50H78FNO10. The molecule has 4 saturated heterocycles. The number of amides is 1. The van der Waals surface area contributed by atoms with Crippen molar-refractivity contribution in [1.29, 1.82) is 0 Å². The third-order valence-electron chi connectivity index (χ3n) is 16.1. The minimum Gasteiger partial charge on any atom is -0.392 e. The van der Waals surface area contributed by atoms with Crippen LogP contribution in [0.2, 0.25) is 0 Å². The summed E-state index contributed by atoms with van der Waals surface area (Å²) in [5.74, 6) is -5.06. The van der Waals surface area contributed by atoms with Crippen molar-refractivity contribution in [3.63, 3.8) is 0 Å². The molecule has 0 radical (unpaired) electrons. The second-order valence-electron chi connectivity index (χ2n) is 20.2. The normalized spacial score (nSPS) is 41.1. The average molecular weight is 872 g/mol. The maximum Gasteiger partial charge on any atom is 0.225 e. The van der Waals surface area contributed by atoms with Crippen LogP contribution in [0.4, 0.5) is 4.39 Å². The van der Waals surface area contributed by atoms with Crippen molar-refractivity contribution in [2.24, 2.45) is 41.4 Å². The Morgan fingerprint density at radius 3 is 2.24 bits per heavy atom. The van der Waals surface area contributed by atoms with Gasteiger partial charge in [0, 0.05) is 36.6 Å². The second kappa shape index (κ2) is 19.7. The van der Waals surface area contributed by atoms with Crippen LogP contribution in [0.15, 0.2) is 36.4 Å². The van der Waals surface area contributed by atoms with Crippen LogP contribution in [-0.2, 0) is 39.7 Å². The zero-order valence-electron chi connectivity index (χ0n) is 39.1. The van der Waals surface area contributed by atoms with Gasteiger partial charge in [0.15, 0.2) is 5.79 Å². The molecule has 62 heavy (non-hydrogen) atoms. The zero-order valence-corrected chi connectivity index (χ0v) is 39.1. The van der Waals surface area contributed by atoms with E-state index in [0.29, 0.717) is 64.3 Å². The van der Waals surface area contributed by atoms with E-state index in [9.17, 15) is 29.3 Å². The molecule has 1 amide bonds. The summed E-state index contributed by atoms with van der Waals surface area (Å²) in [5.41, 5.74) is -0.702. The zero-order chi connectivity index (χ0) is 45.4. The van der Waals surface area contributed by atoms with Gasteiger partial charge in [-0.3, -0.25) is 9.59 Å². The van der Waals surface area contributed by atoms with Crippen molar-refractivity contribution in [3.8, 4) is 0 Å². The lowest BCUT2D eigenvalue weighted by molar-refractivity contribution is -0.409. The van der Waals surface area contributed by atoms with Crippen molar-refractivity contribution < 1.29 is 53.0 Å². The Labute approximate surface area is 370 Å². The first-order valence-electron chi connectivity index (χ1n) is 24.0. The van der Waals surface area contributed by atoms with Gasteiger partial charge in [0.25, 0.3) is 0 Å². The SMILES string of the molecule is CC[C@@H](C(=O)[C@@H](C)[C@@H](O)[C@H](C)[C@@H]1O[C@@H]([C@@H](CC)C(=O)NCCc2ccc(F)cc2)CC[C@@H]1C)[C@H]1O[C@]2(C=C[C@@H](O)[C@]3(CC[C@@](C)([C@H]4CC[C@](O)(CC)[C@H](C)O4)O3)O2)[C@H](C)C[C@@H]1C. The standard InChI is InChI=1S/C50H78FNO10/c1-11-37(46(56)52-27-22-35-15-17-36(51)18-16-35)39-19-14-29(4)44(59-39)33(8)42(54)32(7)43(55)38(12-2)45-30(5)28-31(6)49(60-45)24-20-40(53)50(62-49)26-25-47(10,61-50)41-21-23-48(57,13-3)34(9)58-41/h15-18,20,24,29-34,37-42,44-45,53-54,57H,11-14,19,21-23,25-28H2,1-10H3,(H,52,56)/t29-,30-,31+,32-,33-,34-,37+,38-,39+,40+,41+,42+,44+,45-,47-,48+,49-,50-/m0/s1. The Hall–Kier alpha value is -2.29. The van der Waals surface area contributed by atoms with Crippen LogP contribution in [0.25, 0.3) is 0 Å². The Morgan fingerprint density at radius 2 is 1.60 bits per heavy atom. The molecule has 5 aliphatic heterocycles. The number of benzene rings is 1. The van der Waals surface area contributed by atoms with Gasteiger partial charge in [0.2, 0.25) is 11.7 Å². The van der Waals surface area contributed by atoms with Crippen LogP contribution in [-0.4, -0.2) is 99.1 Å². The molecule has 0 saturated carbocycles. The summed E-state index contributed by atoms with van der Waals surface area (Å²) in [6.07, 6.45) is 6.42. The number of aliphatic hydroxyl groups excluding tert-OH is 2. The molecule has 5 heterocycles. The number of halogens is 1. The van der Waals surface area contributed by atoms with E-state index >= 15 is 0 Å². The van der Waals surface area contributed by atoms with Gasteiger partial charge in [-0.15, -0.1) is 0 Å². The van der Waals surface area contributed by atoms with E-state index in [1.165, 1.54) is 12.1 Å². The Balaban J connectivity index is 1.11. The fourth-order valence-corrected chi connectivity index (χ4v) is 11.6. The molecule has 11 nitrogen and oxygen atoms in total. The van der Waals surface area contributed by atoms with Gasteiger partial charge in [0.1, 0.15) is 17.7 Å². The Morgan fingerprint density at radius 1 is 0.903 bits per heavy atom. The highest BCUT2D eigenvalue weighted by atomic mass is 19.1. The summed E-state index contributed by atoms with van der Waals surface area (Å²) >= 11 is 0. The lowest BCUT2D eigenvalue weighted by Crippen LogP contribution is -2.63. The maximum absolute atomic E-state index is 14.7. The third-order valence-corrected chi connectivity index (χ3v) is 16.1. The molecule has 6 rings (SSSR count). The minimum absolute atomic E-state index is 0.00515. The van der Waals surface area contributed by atoms with Gasteiger partial charge in [-0.25, -0.2) is 4.39 Å². The van der Waals surface area contributed by atoms with Crippen LogP contribution < -0.4 is 5.32 Å². The Bertz CT molecular complexity index is 1710. The number of nitrogens with one attached hydrogen (secondary N) is 1. The fraction of sp³-hybridized carbons (Fsp3) is 0.800. The molecule has 350 valence electrons. The quantitative estimate of drug-likeness (QED) is 0.130. The molecule has 4 N–H and O–H groups in total. The van der Waals surface area contributed by atoms with Crippen LogP contribution in [0.5, 0.6) is 0 Å². The molecule has 0 unspecified atom stereocenters. The lowest BCUT2D eigenvalue weighted by atomic mass is 9.72. The number of Topliss-reactive ketones (excluding diaryl/α,β-unsaturated/α-hetero) is 1. The van der Waals surface area contributed by atoms with Gasteiger partial charge in [0.05, 0.1) is 53.7 Å². The minimum atomic E-state index is -1.38. The molecular weight excluding hydrogens is 794 g/mol. The smallest absolute Gasteiger partial charge is 0.225 e. The van der Waals surface area contributed by atoms with E-state index in [4.69, 9.17) is 23.7 Å². The number of ketones is 1. The van der Waals surface area contributed by atoms with Crippen LogP contribution >= 0.6 is 0 Å². The summed E-state index contributed by atoms with van der Waals surface area (Å²) < 4.78 is 47.3. The van der Waals surface area contributed by atoms with Crippen LogP contribution in [0.3, 0.4) is 0 Å². The van der Waals surface area contributed by atoms with Crippen molar-refractivity contribution in [2.75, 3.05) is 6.54 Å². The van der Waals surface area contributed by atoms with Gasteiger partial charge in [-0.1, -0.05) is 67.5 Å². The van der Waals surface area contributed by atoms with E-state index in [-0.39, 0.29) is 71.5 Å². The number of aliphatic hydroxyl groups is 3. The highest BCUT2D eigenvalue weighted by Crippen LogP contribution is 2.54. The van der Waals surface area contributed by atoms with Crippen molar-refractivity contribution in [1.82, 2.24) is 5.32 Å². The first-order chi connectivity index (χ1) is 29.3. The van der Waals surface area contributed by atoms with Crippen LogP contribution in [0.1, 0.15) is 139 Å². The predicted octanol–water partition coefficient (Wildman–Crippen LogP) is 7.60.